The van der Waals surface area contributed by atoms with Crippen molar-refractivity contribution in [3.63, 3.8) is 0 Å². The number of pyridine rings is 1. The molecule has 3 aromatic heterocycles. The maximum atomic E-state index is 4.56. The van der Waals surface area contributed by atoms with Crippen molar-refractivity contribution in [2.75, 3.05) is 12.4 Å². The van der Waals surface area contributed by atoms with Crippen molar-refractivity contribution in [3.8, 4) is 10.7 Å². The van der Waals surface area contributed by atoms with Crippen LogP contribution >= 0.6 is 11.5 Å². The average molecular weight is 288 g/mol. The summed E-state index contributed by atoms with van der Waals surface area (Å²) in [5.74, 6) is 1.58. The van der Waals surface area contributed by atoms with E-state index in [0.717, 1.165) is 27.7 Å². The Labute approximate surface area is 120 Å². The highest BCUT2D eigenvalue weighted by atomic mass is 32.1. The fourth-order valence-electron chi connectivity index (χ4n) is 1.98. The molecule has 20 heavy (non-hydrogen) atoms. The molecule has 3 aromatic rings. The second-order valence-electron chi connectivity index (χ2n) is 5.60. The van der Waals surface area contributed by atoms with E-state index in [9.17, 15) is 0 Å². The number of imidazole rings is 1. The highest BCUT2D eigenvalue weighted by molar-refractivity contribution is 7.09. The Kier molecular flexibility index (Phi) is 2.93. The van der Waals surface area contributed by atoms with Crippen molar-refractivity contribution in [2.24, 2.45) is 0 Å². The zero-order chi connectivity index (χ0) is 14.3. The van der Waals surface area contributed by atoms with Crippen LogP contribution in [0.4, 0.5) is 5.82 Å². The summed E-state index contributed by atoms with van der Waals surface area (Å²) in [4.78, 5) is 13.3. The van der Waals surface area contributed by atoms with E-state index >= 15 is 0 Å². The fourth-order valence-corrected chi connectivity index (χ4v) is 2.80. The van der Waals surface area contributed by atoms with Crippen molar-refractivity contribution in [1.29, 1.82) is 0 Å². The lowest BCUT2D eigenvalue weighted by Crippen LogP contribution is -2.13. The third-order valence-electron chi connectivity index (χ3n) is 3.02. The number of aromatic nitrogens is 5. The Hall–Kier alpha value is -2.02. The molecule has 0 atom stereocenters. The van der Waals surface area contributed by atoms with Gasteiger partial charge in [0.25, 0.3) is 0 Å². The minimum Gasteiger partial charge on any atom is -0.373 e. The van der Waals surface area contributed by atoms with Gasteiger partial charge in [0.15, 0.2) is 11.5 Å². The Bertz CT molecular complexity index is 752. The van der Waals surface area contributed by atoms with Crippen LogP contribution in [0.25, 0.3) is 21.9 Å². The minimum atomic E-state index is -0.0646. The van der Waals surface area contributed by atoms with E-state index in [1.807, 2.05) is 19.2 Å². The molecule has 3 heterocycles. The molecule has 0 spiro atoms. The molecule has 0 bridgehead atoms. The van der Waals surface area contributed by atoms with Gasteiger partial charge < -0.3 is 10.3 Å². The van der Waals surface area contributed by atoms with Crippen LogP contribution in [-0.2, 0) is 5.41 Å². The van der Waals surface area contributed by atoms with E-state index in [2.05, 4.69) is 50.6 Å². The SMILES string of the molecule is CNc1ccc2[nH]c(-c3snnc3C(C)(C)C)nc2n1. The van der Waals surface area contributed by atoms with Gasteiger partial charge in [-0.1, -0.05) is 25.3 Å². The lowest BCUT2D eigenvalue weighted by Gasteiger charge is -2.15. The van der Waals surface area contributed by atoms with Crippen LogP contribution in [0, 0.1) is 0 Å². The Morgan fingerprint density at radius 3 is 2.70 bits per heavy atom. The summed E-state index contributed by atoms with van der Waals surface area (Å²) in [6.07, 6.45) is 0. The molecule has 0 fully saturated rings. The zero-order valence-electron chi connectivity index (χ0n) is 11.9. The second kappa shape index (κ2) is 4.52. The van der Waals surface area contributed by atoms with Crippen molar-refractivity contribution >= 4 is 28.5 Å². The molecule has 3 rings (SSSR count). The summed E-state index contributed by atoms with van der Waals surface area (Å²) in [6, 6.07) is 3.88. The molecular weight excluding hydrogens is 272 g/mol. The molecule has 7 heteroatoms. The molecule has 104 valence electrons. The van der Waals surface area contributed by atoms with Gasteiger partial charge in [0.2, 0.25) is 0 Å². The number of hydrogen-bond acceptors (Lipinski definition) is 6. The van der Waals surface area contributed by atoms with Crippen LogP contribution in [0.1, 0.15) is 26.5 Å². The van der Waals surface area contributed by atoms with Crippen molar-refractivity contribution < 1.29 is 0 Å². The van der Waals surface area contributed by atoms with Crippen LogP contribution in [0.3, 0.4) is 0 Å². The van der Waals surface area contributed by atoms with Gasteiger partial charge in [0.1, 0.15) is 10.7 Å². The number of nitrogens with one attached hydrogen (secondary N) is 2. The second-order valence-corrected chi connectivity index (χ2v) is 6.36. The highest BCUT2D eigenvalue weighted by Crippen LogP contribution is 2.33. The minimum absolute atomic E-state index is 0.0646. The van der Waals surface area contributed by atoms with Crippen molar-refractivity contribution in [3.05, 3.63) is 17.8 Å². The number of nitrogens with zero attached hydrogens (tertiary/aromatic N) is 4. The number of H-pyrrole nitrogens is 1. The number of anilines is 1. The molecule has 0 aromatic carbocycles. The van der Waals surface area contributed by atoms with Gasteiger partial charge in [-0.3, -0.25) is 0 Å². The number of rotatable bonds is 2. The van der Waals surface area contributed by atoms with Crippen molar-refractivity contribution in [2.45, 2.75) is 26.2 Å². The van der Waals surface area contributed by atoms with Crippen LogP contribution < -0.4 is 5.32 Å². The summed E-state index contributed by atoms with van der Waals surface area (Å²) >= 11 is 1.36. The van der Waals surface area contributed by atoms with Gasteiger partial charge in [0, 0.05) is 12.5 Å². The predicted octanol–water partition coefficient (Wildman–Crippen LogP) is 2.82. The predicted molar refractivity (Wildman–Crippen MR) is 81.0 cm³/mol. The van der Waals surface area contributed by atoms with Crippen LogP contribution in [0.5, 0.6) is 0 Å². The van der Waals surface area contributed by atoms with Gasteiger partial charge >= 0.3 is 0 Å². The Morgan fingerprint density at radius 2 is 2.00 bits per heavy atom. The van der Waals surface area contributed by atoms with E-state index < -0.39 is 0 Å². The maximum Gasteiger partial charge on any atom is 0.180 e. The van der Waals surface area contributed by atoms with Gasteiger partial charge in [0.05, 0.1) is 11.2 Å². The first-order valence-electron chi connectivity index (χ1n) is 6.37. The Balaban J connectivity index is 2.13. The third-order valence-corrected chi connectivity index (χ3v) is 3.75. The van der Waals surface area contributed by atoms with E-state index in [1.54, 1.807) is 0 Å². The summed E-state index contributed by atoms with van der Waals surface area (Å²) in [6.45, 7) is 6.35. The monoisotopic (exact) mass is 288 g/mol. The molecule has 0 unspecified atom stereocenters. The molecule has 2 N–H and O–H groups in total. The summed E-state index contributed by atoms with van der Waals surface area (Å²) in [7, 11) is 1.84. The lowest BCUT2D eigenvalue weighted by atomic mass is 9.91. The summed E-state index contributed by atoms with van der Waals surface area (Å²) < 4.78 is 4.07. The topological polar surface area (TPSA) is 79.4 Å². The third kappa shape index (κ3) is 2.14. The normalized spacial score (nSPS) is 12.0. The number of hydrogen-bond donors (Lipinski definition) is 2. The van der Waals surface area contributed by atoms with Gasteiger partial charge in [-0.05, 0) is 23.7 Å². The molecule has 0 amide bonds. The molecule has 0 aliphatic carbocycles. The first kappa shape index (κ1) is 13.0. The Morgan fingerprint density at radius 1 is 1.20 bits per heavy atom. The molecule has 0 radical (unpaired) electrons. The quantitative estimate of drug-likeness (QED) is 0.758. The van der Waals surface area contributed by atoms with Gasteiger partial charge in [-0.2, -0.15) is 0 Å². The zero-order valence-corrected chi connectivity index (χ0v) is 12.7. The maximum absolute atomic E-state index is 4.56. The fraction of sp³-hybridized carbons (Fsp3) is 0.385. The number of aromatic amines is 1. The van der Waals surface area contributed by atoms with Crippen LogP contribution in [0.2, 0.25) is 0 Å². The van der Waals surface area contributed by atoms with Gasteiger partial charge in [-0.25, -0.2) is 9.97 Å². The highest BCUT2D eigenvalue weighted by Gasteiger charge is 2.25. The smallest absolute Gasteiger partial charge is 0.180 e. The molecule has 0 saturated heterocycles. The molecule has 6 nitrogen and oxygen atoms in total. The molecular formula is C13H16N6S. The van der Waals surface area contributed by atoms with E-state index in [0.29, 0.717) is 5.65 Å². The van der Waals surface area contributed by atoms with E-state index in [4.69, 9.17) is 0 Å². The lowest BCUT2D eigenvalue weighted by molar-refractivity contribution is 0.568. The van der Waals surface area contributed by atoms with E-state index in [1.165, 1.54) is 11.5 Å². The van der Waals surface area contributed by atoms with Gasteiger partial charge in [-0.15, -0.1) is 5.10 Å². The molecule has 0 aliphatic heterocycles. The van der Waals surface area contributed by atoms with Crippen molar-refractivity contribution in [1.82, 2.24) is 24.5 Å². The van der Waals surface area contributed by atoms with Crippen LogP contribution in [0.15, 0.2) is 12.1 Å². The molecule has 0 aliphatic rings. The number of fused-ring (bicyclic) bond motifs is 1. The average Bonchev–Trinajstić information content (AvgIpc) is 3.03. The summed E-state index contributed by atoms with van der Waals surface area (Å²) in [5.41, 5.74) is 2.49. The van der Waals surface area contributed by atoms with Crippen LogP contribution in [-0.4, -0.2) is 31.6 Å². The summed E-state index contributed by atoms with van der Waals surface area (Å²) in [5, 5.41) is 7.26. The molecule has 0 saturated carbocycles. The first-order chi connectivity index (χ1) is 9.49. The largest absolute Gasteiger partial charge is 0.373 e. The first-order valence-corrected chi connectivity index (χ1v) is 7.14. The standard InChI is InChI=1S/C13H16N6S/c1-13(2,3)10-9(20-19-18-10)12-15-7-5-6-8(14-4)16-11(7)17-12/h5-6H,1-4H3,(H2,14,15,16,17). The van der Waals surface area contributed by atoms with E-state index in [-0.39, 0.29) is 5.41 Å².